The van der Waals surface area contributed by atoms with Crippen LogP contribution in [0.3, 0.4) is 0 Å². The Morgan fingerprint density at radius 2 is 2.25 bits per heavy atom. The van der Waals surface area contributed by atoms with Gasteiger partial charge in [-0.2, -0.15) is 0 Å². The number of carboxylic acids is 1. The Bertz CT molecular complexity index is 178. The molecule has 0 aliphatic carbocycles. The number of aliphatic carboxylic acids is 1. The van der Waals surface area contributed by atoms with Crippen LogP contribution in [0.2, 0.25) is 0 Å². The molecule has 1 aliphatic heterocycles. The van der Waals surface area contributed by atoms with E-state index < -0.39 is 17.6 Å². The van der Waals surface area contributed by atoms with Crippen molar-refractivity contribution >= 4 is 5.97 Å². The van der Waals surface area contributed by atoms with E-state index in [0.717, 1.165) is 0 Å². The molecule has 1 fully saturated rings. The predicted molar refractivity (Wildman–Crippen MR) is 40.6 cm³/mol. The van der Waals surface area contributed by atoms with E-state index in [2.05, 4.69) is 0 Å². The van der Waals surface area contributed by atoms with Crippen LogP contribution in [0.15, 0.2) is 0 Å². The van der Waals surface area contributed by atoms with Gasteiger partial charge in [0.05, 0.1) is 13.2 Å². The molecule has 4 N–H and O–H groups in total. The Morgan fingerprint density at radius 1 is 1.67 bits per heavy atom. The van der Waals surface area contributed by atoms with Crippen molar-refractivity contribution in [1.29, 1.82) is 0 Å². The normalized spacial score (nSPS) is 22.8. The van der Waals surface area contributed by atoms with Gasteiger partial charge in [-0.05, 0) is 12.8 Å². The van der Waals surface area contributed by atoms with Crippen LogP contribution in [0, 0.1) is 0 Å². The first kappa shape index (κ1) is 9.44. The number of rotatable bonds is 4. The Kier molecular flexibility index (Phi) is 2.66. The Hall–Kier alpha value is -0.650. The van der Waals surface area contributed by atoms with E-state index in [9.17, 15) is 9.90 Å². The van der Waals surface area contributed by atoms with E-state index >= 15 is 0 Å². The molecule has 1 rings (SSSR count). The second-order valence-corrected chi connectivity index (χ2v) is 3.20. The van der Waals surface area contributed by atoms with Gasteiger partial charge in [0.15, 0.2) is 0 Å². The topological polar surface area (TPSA) is 92.8 Å². The molecule has 0 spiro atoms. The molecule has 1 aliphatic rings. The Balaban J connectivity index is 2.20. The summed E-state index contributed by atoms with van der Waals surface area (Å²) in [5.74, 6) is -1.03. The molecular formula is C7H13NO4. The average molecular weight is 175 g/mol. The molecule has 0 aromatic rings. The standard InChI is InChI=1S/C7H13NO4/c8-5(6(9)10)1-2-7(11)3-12-4-7/h5,11H,1-4,8H2,(H,9,10)/t5-/m1/s1. The first-order valence-electron chi connectivity index (χ1n) is 3.82. The fourth-order valence-corrected chi connectivity index (χ4v) is 1.03. The summed E-state index contributed by atoms with van der Waals surface area (Å²) in [5, 5.41) is 17.9. The van der Waals surface area contributed by atoms with Crippen LogP contribution in [0.5, 0.6) is 0 Å². The maximum atomic E-state index is 10.3. The number of hydrogen-bond acceptors (Lipinski definition) is 4. The van der Waals surface area contributed by atoms with E-state index in [4.69, 9.17) is 15.6 Å². The lowest BCUT2D eigenvalue weighted by Gasteiger charge is -2.36. The van der Waals surface area contributed by atoms with Gasteiger partial charge in [0, 0.05) is 0 Å². The highest BCUT2D eigenvalue weighted by molar-refractivity contribution is 5.72. The summed E-state index contributed by atoms with van der Waals surface area (Å²) in [4.78, 5) is 10.3. The zero-order valence-corrected chi connectivity index (χ0v) is 6.69. The lowest BCUT2D eigenvalue weighted by Crippen LogP contribution is -2.50. The lowest BCUT2D eigenvalue weighted by atomic mass is 9.94. The highest BCUT2D eigenvalue weighted by Crippen LogP contribution is 2.22. The van der Waals surface area contributed by atoms with Crippen LogP contribution in [0.25, 0.3) is 0 Å². The molecule has 0 aromatic heterocycles. The van der Waals surface area contributed by atoms with Crippen molar-refractivity contribution in [3.63, 3.8) is 0 Å². The molecule has 0 aromatic carbocycles. The summed E-state index contributed by atoms with van der Waals surface area (Å²) < 4.78 is 4.79. The van der Waals surface area contributed by atoms with Crippen molar-refractivity contribution < 1.29 is 19.7 Å². The van der Waals surface area contributed by atoms with Gasteiger partial charge in [-0.15, -0.1) is 0 Å². The molecule has 5 nitrogen and oxygen atoms in total. The maximum Gasteiger partial charge on any atom is 0.320 e. The number of nitrogens with two attached hydrogens (primary N) is 1. The third-order valence-electron chi connectivity index (χ3n) is 1.98. The molecule has 0 saturated carbocycles. The van der Waals surface area contributed by atoms with Gasteiger partial charge in [-0.1, -0.05) is 0 Å². The number of carbonyl (C=O) groups is 1. The third-order valence-corrected chi connectivity index (χ3v) is 1.98. The first-order chi connectivity index (χ1) is 5.53. The van der Waals surface area contributed by atoms with Gasteiger partial charge >= 0.3 is 5.97 Å². The van der Waals surface area contributed by atoms with Crippen LogP contribution < -0.4 is 5.73 Å². The number of ether oxygens (including phenoxy) is 1. The van der Waals surface area contributed by atoms with Crippen molar-refractivity contribution in [2.45, 2.75) is 24.5 Å². The summed E-state index contributed by atoms with van der Waals surface area (Å²) in [6.07, 6.45) is 0.676. The van der Waals surface area contributed by atoms with Gasteiger partial charge in [0.2, 0.25) is 0 Å². The van der Waals surface area contributed by atoms with E-state index in [-0.39, 0.29) is 6.42 Å². The van der Waals surface area contributed by atoms with Crippen molar-refractivity contribution in [2.24, 2.45) is 5.73 Å². The minimum Gasteiger partial charge on any atom is -0.480 e. The van der Waals surface area contributed by atoms with Gasteiger partial charge in [0.25, 0.3) is 0 Å². The highest BCUT2D eigenvalue weighted by Gasteiger charge is 2.36. The van der Waals surface area contributed by atoms with Crippen LogP contribution >= 0.6 is 0 Å². The van der Waals surface area contributed by atoms with Gasteiger partial charge in [-0.3, -0.25) is 4.79 Å². The van der Waals surface area contributed by atoms with Gasteiger partial charge < -0.3 is 20.7 Å². The Labute approximate surface area is 70.1 Å². The third kappa shape index (κ3) is 2.17. The summed E-state index contributed by atoms with van der Waals surface area (Å²) in [7, 11) is 0. The summed E-state index contributed by atoms with van der Waals surface area (Å²) >= 11 is 0. The molecule has 70 valence electrons. The smallest absolute Gasteiger partial charge is 0.320 e. The van der Waals surface area contributed by atoms with Crippen molar-refractivity contribution in [1.82, 2.24) is 0 Å². The molecule has 1 saturated heterocycles. The fourth-order valence-electron chi connectivity index (χ4n) is 1.03. The Morgan fingerprint density at radius 3 is 2.58 bits per heavy atom. The predicted octanol–water partition coefficient (Wildman–Crippen LogP) is -1.06. The number of aliphatic hydroxyl groups is 1. The van der Waals surface area contributed by atoms with Crippen LogP contribution in [-0.2, 0) is 9.53 Å². The average Bonchev–Trinajstić information content (AvgIpc) is 1.96. The SMILES string of the molecule is N[C@H](CCC1(O)COC1)C(=O)O. The van der Waals surface area contributed by atoms with E-state index in [1.807, 2.05) is 0 Å². The highest BCUT2D eigenvalue weighted by atomic mass is 16.5. The monoisotopic (exact) mass is 175 g/mol. The first-order valence-corrected chi connectivity index (χ1v) is 3.82. The molecule has 0 amide bonds. The summed E-state index contributed by atoms with van der Waals surface area (Å²) in [5.41, 5.74) is 4.42. The summed E-state index contributed by atoms with van der Waals surface area (Å²) in [6, 6.07) is -0.880. The van der Waals surface area contributed by atoms with Crippen molar-refractivity contribution in [2.75, 3.05) is 13.2 Å². The lowest BCUT2D eigenvalue weighted by molar-refractivity contribution is -0.182. The second kappa shape index (κ2) is 3.38. The van der Waals surface area contributed by atoms with Crippen molar-refractivity contribution in [3.8, 4) is 0 Å². The number of hydrogen-bond donors (Lipinski definition) is 3. The molecule has 1 atom stereocenters. The van der Waals surface area contributed by atoms with Crippen LogP contribution in [-0.4, -0.2) is 41.0 Å². The molecule has 0 bridgehead atoms. The van der Waals surface area contributed by atoms with Crippen LogP contribution in [0.1, 0.15) is 12.8 Å². The zero-order chi connectivity index (χ0) is 9.19. The van der Waals surface area contributed by atoms with E-state index in [1.165, 1.54) is 0 Å². The molecular weight excluding hydrogens is 162 g/mol. The van der Waals surface area contributed by atoms with Crippen LogP contribution in [0.4, 0.5) is 0 Å². The minimum absolute atomic E-state index is 0.287. The van der Waals surface area contributed by atoms with E-state index in [0.29, 0.717) is 19.6 Å². The van der Waals surface area contributed by atoms with E-state index in [1.54, 1.807) is 0 Å². The fraction of sp³-hybridized carbons (Fsp3) is 0.857. The van der Waals surface area contributed by atoms with Gasteiger partial charge in [-0.25, -0.2) is 0 Å². The number of carboxylic acid groups (broad SMARTS) is 1. The molecule has 12 heavy (non-hydrogen) atoms. The quantitative estimate of drug-likeness (QED) is 0.506. The molecule has 0 radical (unpaired) electrons. The molecule has 0 unspecified atom stereocenters. The molecule has 1 heterocycles. The van der Waals surface area contributed by atoms with Crippen molar-refractivity contribution in [3.05, 3.63) is 0 Å². The largest absolute Gasteiger partial charge is 0.480 e. The zero-order valence-electron chi connectivity index (χ0n) is 6.69. The minimum atomic E-state index is -1.03. The van der Waals surface area contributed by atoms with Gasteiger partial charge in [0.1, 0.15) is 11.6 Å². The summed E-state index contributed by atoms with van der Waals surface area (Å²) in [6.45, 7) is 0.582. The second-order valence-electron chi connectivity index (χ2n) is 3.20. The molecule has 5 heteroatoms. The maximum absolute atomic E-state index is 10.3.